The van der Waals surface area contributed by atoms with Crippen molar-refractivity contribution in [1.29, 1.82) is 0 Å². The monoisotopic (exact) mass is 279 g/mol. The highest BCUT2D eigenvalue weighted by Crippen LogP contribution is 2.31. The standard InChI is InChI=1S/C14H11F2NOS/c15-11-5-9(8-18)6-12(16)14(11)17-3-1-13-10(7-17)2-4-19-13/h2,4-6,8H,1,3,7H2. The summed E-state index contributed by atoms with van der Waals surface area (Å²) in [4.78, 5) is 13.5. The number of hydrogen-bond acceptors (Lipinski definition) is 3. The number of hydrogen-bond donors (Lipinski definition) is 0. The summed E-state index contributed by atoms with van der Waals surface area (Å²) in [5.41, 5.74) is 1.10. The largest absolute Gasteiger partial charge is 0.362 e. The molecule has 0 amide bonds. The third-order valence-electron chi connectivity index (χ3n) is 3.30. The van der Waals surface area contributed by atoms with E-state index in [4.69, 9.17) is 0 Å². The van der Waals surface area contributed by atoms with Crippen LogP contribution in [0.2, 0.25) is 0 Å². The molecule has 2 nitrogen and oxygen atoms in total. The van der Waals surface area contributed by atoms with Crippen LogP contribution in [0.25, 0.3) is 0 Å². The fraction of sp³-hybridized carbons (Fsp3) is 0.214. The first-order chi connectivity index (χ1) is 9.19. The molecule has 0 saturated heterocycles. The molecule has 1 aromatic carbocycles. The number of carbonyl (C=O) groups is 1. The quantitative estimate of drug-likeness (QED) is 0.785. The molecule has 0 bridgehead atoms. The fourth-order valence-corrected chi connectivity index (χ4v) is 3.28. The van der Waals surface area contributed by atoms with Crippen LogP contribution in [0.15, 0.2) is 23.6 Å². The van der Waals surface area contributed by atoms with Gasteiger partial charge in [-0.2, -0.15) is 0 Å². The topological polar surface area (TPSA) is 20.3 Å². The van der Waals surface area contributed by atoms with E-state index in [-0.39, 0.29) is 11.3 Å². The van der Waals surface area contributed by atoms with Gasteiger partial charge in [-0.1, -0.05) is 0 Å². The molecule has 98 valence electrons. The summed E-state index contributed by atoms with van der Waals surface area (Å²) in [7, 11) is 0. The first-order valence-electron chi connectivity index (χ1n) is 5.93. The van der Waals surface area contributed by atoms with E-state index < -0.39 is 11.6 Å². The molecule has 0 saturated carbocycles. The molecule has 19 heavy (non-hydrogen) atoms. The first kappa shape index (κ1) is 12.3. The molecule has 0 spiro atoms. The molecule has 5 heteroatoms. The van der Waals surface area contributed by atoms with Crippen molar-refractivity contribution in [3.63, 3.8) is 0 Å². The molecule has 1 aliphatic heterocycles. The van der Waals surface area contributed by atoms with Crippen LogP contribution in [0.4, 0.5) is 14.5 Å². The molecule has 3 rings (SSSR count). The van der Waals surface area contributed by atoms with Crippen LogP contribution in [-0.2, 0) is 13.0 Å². The lowest BCUT2D eigenvalue weighted by Crippen LogP contribution is -2.31. The predicted octanol–water partition coefficient (Wildman–Crippen LogP) is 3.40. The van der Waals surface area contributed by atoms with E-state index in [1.54, 1.807) is 16.2 Å². The predicted molar refractivity (Wildman–Crippen MR) is 70.8 cm³/mol. The highest BCUT2D eigenvalue weighted by Gasteiger charge is 2.23. The number of carbonyl (C=O) groups excluding carboxylic acids is 1. The Bertz CT molecular complexity index is 615. The number of benzene rings is 1. The van der Waals surface area contributed by atoms with E-state index in [1.807, 2.05) is 11.4 Å². The second-order valence-electron chi connectivity index (χ2n) is 4.49. The molecule has 2 aromatic rings. The number of halogens is 2. The van der Waals surface area contributed by atoms with E-state index in [2.05, 4.69) is 0 Å². The smallest absolute Gasteiger partial charge is 0.150 e. The van der Waals surface area contributed by atoms with Crippen molar-refractivity contribution in [2.75, 3.05) is 11.4 Å². The fourth-order valence-electron chi connectivity index (χ4n) is 2.39. The Morgan fingerprint density at radius 2 is 2.00 bits per heavy atom. The van der Waals surface area contributed by atoms with Crippen LogP contribution < -0.4 is 4.90 Å². The highest BCUT2D eigenvalue weighted by atomic mass is 32.1. The van der Waals surface area contributed by atoms with Gasteiger partial charge in [-0.15, -0.1) is 11.3 Å². The Labute approximate surface area is 113 Å². The molecule has 0 N–H and O–H groups in total. The van der Waals surface area contributed by atoms with Crippen molar-refractivity contribution >= 4 is 23.3 Å². The Balaban J connectivity index is 1.98. The number of thiophene rings is 1. The third kappa shape index (κ3) is 2.14. The van der Waals surface area contributed by atoms with Crippen molar-refractivity contribution in [3.05, 3.63) is 51.2 Å². The van der Waals surface area contributed by atoms with Gasteiger partial charge in [-0.3, -0.25) is 4.79 Å². The Kier molecular flexibility index (Phi) is 3.06. The van der Waals surface area contributed by atoms with Gasteiger partial charge in [0.2, 0.25) is 0 Å². The van der Waals surface area contributed by atoms with E-state index in [9.17, 15) is 13.6 Å². The lowest BCUT2D eigenvalue weighted by atomic mass is 10.1. The van der Waals surface area contributed by atoms with Gasteiger partial charge in [0, 0.05) is 23.5 Å². The van der Waals surface area contributed by atoms with Crippen molar-refractivity contribution in [3.8, 4) is 0 Å². The summed E-state index contributed by atoms with van der Waals surface area (Å²) in [6.45, 7) is 1.09. The summed E-state index contributed by atoms with van der Waals surface area (Å²) in [5.74, 6) is -1.36. The zero-order valence-electron chi connectivity index (χ0n) is 10.0. The molecule has 0 radical (unpaired) electrons. The van der Waals surface area contributed by atoms with Gasteiger partial charge in [0.15, 0.2) is 0 Å². The molecule has 1 aliphatic rings. The van der Waals surface area contributed by atoms with Gasteiger partial charge in [0.1, 0.15) is 23.6 Å². The maximum Gasteiger partial charge on any atom is 0.150 e. The van der Waals surface area contributed by atoms with Crippen LogP contribution in [0.3, 0.4) is 0 Å². The molecule has 1 aromatic heterocycles. The van der Waals surface area contributed by atoms with Gasteiger partial charge in [0.25, 0.3) is 0 Å². The van der Waals surface area contributed by atoms with Gasteiger partial charge in [-0.25, -0.2) is 8.78 Å². The Morgan fingerprint density at radius 3 is 2.68 bits per heavy atom. The van der Waals surface area contributed by atoms with Crippen LogP contribution in [0.5, 0.6) is 0 Å². The number of anilines is 1. The number of nitrogens with zero attached hydrogens (tertiary/aromatic N) is 1. The number of rotatable bonds is 2. The lowest BCUT2D eigenvalue weighted by Gasteiger charge is -2.29. The van der Waals surface area contributed by atoms with Crippen molar-refractivity contribution in [2.24, 2.45) is 0 Å². The van der Waals surface area contributed by atoms with Crippen LogP contribution in [0, 0.1) is 11.6 Å². The van der Waals surface area contributed by atoms with Crippen LogP contribution >= 0.6 is 11.3 Å². The average molecular weight is 279 g/mol. The molecule has 0 aliphatic carbocycles. The molecule has 0 fully saturated rings. The molecule has 0 atom stereocenters. The SMILES string of the molecule is O=Cc1cc(F)c(N2CCc3sccc3C2)c(F)c1. The number of fused-ring (bicyclic) bond motifs is 1. The van der Waals surface area contributed by atoms with Gasteiger partial charge >= 0.3 is 0 Å². The van der Waals surface area contributed by atoms with Gasteiger partial charge in [-0.05, 0) is 35.6 Å². The van der Waals surface area contributed by atoms with Crippen molar-refractivity contribution in [1.82, 2.24) is 0 Å². The molecule has 0 unspecified atom stereocenters. The lowest BCUT2D eigenvalue weighted by molar-refractivity contribution is 0.112. The Hall–Kier alpha value is -1.75. The summed E-state index contributed by atoms with van der Waals surface area (Å²) >= 11 is 1.68. The Morgan fingerprint density at radius 1 is 1.26 bits per heavy atom. The van der Waals surface area contributed by atoms with E-state index in [0.717, 1.165) is 24.1 Å². The molecular formula is C14H11F2NOS. The summed E-state index contributed by atoms with van der Waals surface area (Å²) in [6.07, 6.45) is 1.24. The average Bonchev–Trinajstić information content (AvgIpc) is 2.85. The molecular weight excluding hydrogens is 268 g/mol. The van der Waals surface area contributed by atoms with Crippen molar-refractivity contribution < 1.29 is 13.6 Å². The summed E-state index contributed by atoms with van der Waals surface area (Å²) < 4.78 is 27.9. The van der Waals surface area contributed by atoms with E-state index in [0.29, 0.717) is 19.4 Å². The summed E-state index contributed by atoms with van der Waals surface area (Å²) in [6, 6.07) is 4.14. The van der Waals surface area contributed by atoms with E-state index in [1.165, 1.54) is 4.88 Å². The summed E-state index contributed by atoms with van der Waals surface area (Å²) in [5, 5.41) is 2.00. The number of aldehydes is 1. The maximum atomic E-state index is 13.9. The highest BCUT2D eigenvalue weighted by molar-refractivity contribution is 7.10. The van der Waals surface area contributed by atoms with E-state index >= 15 is 0 Å². The minimum atomic E-state index is -0.680. The van der Waals surface area contributed by atoms with Crippen LogP contribution in [0.1, 0.15) is 20.8 Å². The minimum Gasteiger partial charge on any atom is -0.362 e. The van der Waals surface area contributed by atoms with Gasteiger partial charge < -0.3 is 4.90 Å². The first-order valence-corrected chi connectivity index (χ1v) is 6.81. The molecule has 2 heterocycles. The van der Waals surface area contributed by atoms with Gasteiger partial charge in [0.05, 0.1) is 0 Å². The third-order valence-corrected chi connectivity index (χ3v) is 4.32. The second kappa shape index (κ2) is 4.74. The van der Waals surface area contributed by atoms with Crippen molar-refractivity contribution in [2.45, 2.75) is 13.0 Å². The zero-order chi connectivity index (χ0) is 13.4. The normalized spacial score (nSPS) is 14.3. The second-order valence-corrected chi connectivity index (χ2v) is 5.49. The maximum absolute atomic E-state index is 13.9. The minimum absolute atomic E-state index is 0.0204. The van der Waals surface area contributed by atoms with Crippen LogP contribution in [-0.4, -0.2) is 12.8 Å². The zero-order valence-corrected chi connectivity index (χ0v) is 10.8.